The lowest BCUT2D eigenvalue weighted by molar-refractivity contribution is -0.125. The monoisotopic (exact) mass is 213 g/mol. The molecule has 2 atom stereocenters. The van der Waals surface area contributed by atoms with E-state index in [1.807, 2.05) is 7.05 Å². The zero-order valence-corrected chi connectivity index (χ0v) is 9.91. The second-order valence-corrected chi connectivity index (χ2v) is 4.81. The van der Waals surface area contributed by atoms with Gasteiger partial charge in [-0.15, -0.1) is 0 Å². The molecule has 2 unspecified atom stereocenters. The van der Waals surface area contributed by atoms with Crippen molar-refractivity contribution in [1.29, 1.82) is 0 Å². The molecule has 0 amide bonds. The maximum atomic E-state index is 11.6. The third kappa shape index (κ3) is 4.76. The average Bonchev–Trinajstić information content (AvgIpc) is 2.18. The maximum absolute atomic E-state index is 11.6. The summed E-state index contributed by atoms with van der Waals surface area (Å²) in [7, 11) is 2.03. The van der Waals surface area contributed by atoms with Gasteiger partial charge in [0, 0.05) is 25.4 Å². The second kappa shape index (κ2) is 6.23. The minimum absolute atomic E-state index is 0.241. The van der Waals surface area contributed by atoms with Gasteiger partial charge in [-0.1, -0.05) is 6.42 Å². The Hall–Kier alpha value is -0.410. The highest BCUT2D eigenvalue weighted by Gasteiger charge is 2.23. The molecule has 1 fully saturated rings. The van der Waals surface area contributed by atoms with E-state index < -0.39 is 0 Å². The van der Waals surface area contributed by atoms with Gasteiger partial charge in [-0.2, -0.15) is 0 Å². The van der Waals surface area contributed by atoms with Crippen molar-refractivity contribution >= 4 is 5.78 Å². The quantitative estimate of drug-likeness (QED) is 0.751. The molecule has 0 aromatic heterocycles. The first kappa shape index (κ1) is 12.7. The van der Waals surface area contributed by atoms with Gasteiger partial charge in [0.05, 0.1) is 6.10 Å². The van der Waals surface area contributed by atoms with Gasteiger partial charge in [0.1, 0.15) is 5.78 Å². The molecule has 0 spiro atoms. The molecule has 3 heteroatoms. The highest BCUT2D eigenvalue weighted by molar-refractivity contribution is 5.81. The Bertz CT molecular complexity index is 204. The van der Waals surface area contributed by atoms with Crippen LogP contribution in [0.3, 0.4) is 0 Å². The molecule has 0 saturated heterocycles. The average molecular weight is 213 g/mol. The third-order valence-corrected chi connectivity index (χ3v) is 3.14. The van der Waals surface area contributed by atoms with Crippen molar-refractivity contribution in [2.75, 3.05) is 20.1 Å². The van der Waals surface area contributed by atoms with Crippen molar-refractivity contribution in [1.82, 2.24) is 4.90 Å². The van der Waals surface area contributed by atoms with Crippen LogP contribution in [-0.2, 0) is 4.79 Å². The molecule has 1 aliphatic rings. The molecule has 0 aromatic carbocycles. The Morgan fingerprint density at radius 2 is 2.27 bits per heavy atom. The van der Waals surface area contributed by atoms with Crippen LogP contribution in [0.5, 0.6) is 0 Å². The Kier molecular flexibility index (Phi) is 5.26. The summed E-state index contributed by atoms with van der Waals surface area (Å²) >= 11 is 0. The highest BCUT2D eigenvalue weighted by Crippen LogP contribution is 2.21. The van der Waals surface area contributed by atoms with Crippen LogP contribution in [0.25, 0.3) is 0 Å². The molecule has 0 heterocycles. The predicted molar refractivity (Wildman–Crippen MR) is 60.8 cm³/mol. The van der Waals surface area contributed by atoms with Crippen LogP contribution in [-0.4, -0.2) is 42.0 Å². The summed E-state index contributed by atoms with van der Waals surface area (Å²) in [5.41, 5.74) is 0. The van der Waals surface area contributed by atoms with Crippen LogP contribution in [0.15, 0.2) is 0 Å². The Labute approximate surface area is 92.5 Å². The topological polar surface area (TPSA) is 40.5 Å². The van der Waals surface area contributed by atoms with E-state index >= 15 is 0 Å². The number of aliphatic hydroxyl groups excluding tert-OH is 1. The van der Waals surface area contributed by atoms with E-state index in [1.165, 1.54) is 6.42 Å². The number of rotatable bonds is 5. The molecule has 1 N–H and O–H groups in total. The molecule has 0 radical (unpaired) electrons. The molecule has 88 valence electrons. The lowest BCUT2D eigenvalue weighted by atomic mass is 9.87. The van der Waals surface area contributed by atoms with E-state index in [0.717, 1.165) is 38.8 Å². The van der Waals surface area contributed by atoms with E-state index in [1.54, 1.807) is 6.92 Å². The minimum Gasteiger partial charge on any atom is -0.393 e. The van der Waals surface area contributed by atoms with Crippen molar-refractivity contribution in [3.63, 3.8) is 0 Å². The first-order valence-electron chi connectivity index (χ1n) is 5.99. The summed E-state index contributed by atoms with van der Waals surface area (Å²) < 4.78 is 0. The molecule has 1 saturated carbocycles. The summed E-state index contributed by atoms with van der Waals surface area (Å²) in [6.07, 6.45) is 4.65. The van der Waals surface area contributed by atoms with E-state index in [4.69, 9.17) is 5.11 Å². The SMILES string of the molecule is CC(O)CCN(C)CC1CCCCC1=O. The predicted octanol–water partition coefficient (Wildman–Crippen LogP) is 1.45. The van der Waals surface area contributed by atoms with Gasteiger partial charge in [0.15, 0.2) is 0 Å². The van der Waals surface area contributed by atoms with Gasteiger partial charge in [-0.3, -0.25) is 4.79 Å². The molecule has 1 rings (SSSR count). The zero-order chi connectivity index (χ0) is 11.3. The summed E-state index contributed by atoms with van der Waals surface area (Å²) in [5, 5.41) is 9.17. The minimum atomic E-state index is -0.241. The van der Waals surface area contributed by atoms with Crippen LogP contribution in [0.4, 0.5) is 0 Å². The standard InChI is InChI=1S/C12H23NO2/c1-10(14)7-8-13(2)9-11-5-3-4-6-12(11)15/h10-11,14H,3-9H2,1-2H3. The number of carbonyl (C=O) groups is 1. The van der Waals surface area contributed by atoms with Gasteiger partial charge in [0.2, 0.25) is 0 Å². The maximum Gasteiger partial charge on any atom is 0.137 e. The number of aliphatic hydroxyl groups is 1. The molecule has 3 nitrogen and oxygen atoms in total. The fraction of sp³-hybridized carbons (Fsp3) is 0.917. The molecule has 0 aliphatic heterocycles. The first-order chi connectivity index (χ1) is 7.09. The Morgan fingerprint density at radius 3 is 2.87 bits per heavy atom. The van der Waals surface area contributed by atoms with Crippen LogP contribution >= 0.6 is 0 Å². The largest absolute Gasteiger partial charge is 0.393 e. The Morgan fingerprint density at radius 1 is 1.53 bits per heavy atom. The molecular weight excluding hydrogens is 190 g/mol. The number of carbonyl (C=O) groups excluding carboxylic acids is 1. The molecule has 0 aromatic rings. The molecule has 1 aliphatic carbocycles. The van der Waals surface area contributed by atoms with E-state index in [-0.39, 0.29) is 12.0 Å². The van der Waals surface area contributed by atoms with Crippen LogP contribution < -0.4 is 0 Å². The van der Waals surface area contributed by atoms with Crippen LogP contribution in [0, 0.1) is 5.92 Å². The number of ketones is 1. The van der Waals surface area contributed by atoms with Gasteiger partial charge in [-0.25, -0.2) is 0 Å². The Balaban J connectivity index is 2.23. The van der Waals surface area contributed by atoms with Crippen LogP contribution in [0.1, 0.15) is 39.0 Å². The molecule has 15 heavy (non-hydrogen) atoms. The first-order valence-corrected chi connectivity index (χ1v) is 5.99. The summed E-state index contributed by atoms with van der Waals surface area (Å²) in [5.74, 6) is 0.683. The summed E-state index contributed by atoms with van der Waals surface area (Å²) in [6.45, 7) is 3.55. The van der Waals surface area contributed by atoms with Gasteiger partial charge < -0.3 is 10.0 Å². The van der Waals surface area contributed by atoms with Gasteiger partial charge >= 0.3 is 0 Å². The van der Waals surface area contributed by atoms with Crippen LogP contribution in [0.2, 0.25) is 0 Å². The smallest absolute Gasteiger partial charge is 0.137 e. The lowest BCUT2D eigenvalue weighted by Gasteiger charge is -2.26. The normalized spacial score (nSPS) is 24.5. The molecule has 0 bridgehead atoms. The van der Waals surface area contributed by atoms with E-state index in [0.29, 0.717) is 5.78 Å². The number of hydrogen-bond donors (Lipinski definition) is 1. The second-order valence-electron chi connectivity index (χ2n) is 4.81. The van der Waals surface area contributed by atoms with E-state index in [2.05, 4.69) is 4.90 Å². The lowest BCUT2D eigenvalue weighted by Crippen LogP contribution is -2.33. The summed E-state index contributed by atoms with van der Waals surface area (Å²) in [4.78, 5) is 13.8. The summed E-state index contributed by atoms with van der Waals surface area (Å²) in [6, 6.07) is 0. The van der Waals surface area contributed by atoms with Gasteiger partial charge in [0.25, 0.3) is 0 Å². The van der Waals surface area contributed by atoms with E-state index in [9.17, 15) is 4.79 Å². The number of nitrogens with zero attached hydrogens (tertiary/aromatic N) is 1. The van der Waals surface area contributed by atoms with Crippen molar-refractivity contribution < 1.29 is 9.90 Å². The van der Waals surface area contributed by atoms with Crippen molar-refractivity contribution in [3.8, 4) is 0 Å². The highest BCUT2D eigenvalue weighted by atomic mass is 16.3. The van der Waals surface area contributed by atoms with Gasteiger partial charge in [-0.05, 0) is 33.2 Å². The van der Waals surface area contributed by atoms with Crippen molar-refractivity contribution in [2.24, 2.45) is 5.92 Å². The molecular formula is C12H23NO2. The number of Topliss-reactive ketones (excluding diaryl/α,β-unsaturated/α-hetero) is 1. The van der Waals surface area contributed by atoms with Crippen molar-refractivity contribution in [2.45, 2.75) is 45.1 Å². The van der Waals surface area contributed by atoms with Crippen molar-refractivity contribution in [3.05, 3.63) is 0 Å². The fourth-order valence-corrected chi connectivity index (χ4v) is 2.12. The zero-order valence-electron chi connectivity index (χ0n) is 9.91. The number of hydrogen-bond acceptors (Lipinski definition) is 3. The fourth-order valence-electron chi connectivity index (χ4n) is 2.12. The third-order valence-electron chi connectivity index (χ3n) is 3.14.